The van der Waals surface area contributed by atoms with Gasteiger partial charge in [-0.05, 0) is 42.6 Å². The number of nitrogens with zero attached hydrogens (tertiary/aromatic N) is 4. The van der Waals surface area contributed by atoms with Crippen LogP contribution in [0.1, 0.15) is 27.3 Å². The highest BCUT2D eigenvalue weighted by molar-refractivity contribution is 8.03. The second kappa shape index (κ2) is 10.8. The maximum absolute atomic E-state index is 12.7. The highest BCUT2D eigenvalue weighted by atomic mass is 32.2. The molecule has 1 amide bonds. The zero-order valence-electron chi connectivity index (χ0n) is 16.9. The lowest BCUT2D eigenvalue weighted by Crippen LogP contribution is -2.23. The Hall–Kier alpha value is -3.40. The van der Waals surface area contributed by atoms with Gasteiger partial charge in [0.25, 0.3) is 5.91 Å². The van der Waals surface area contributed by atoms with E-state index in [2.05, 4.69) is 27.1 Å². The second-order valence-corrected chi connectivity index (χ2v) is 7.77. The number of halogens is 3. The van der Waals surface area contributed by atoms with Gasteiger partial charge in [-0.2, -0.15) is 18.3 Å². The second-order valence-electron chi connectivity index (χ2n) is 6.66. The predicted octanol–water partition coefficient (Wildman–Crippen LogP) is 4.55. The molecule has 0 spiro atoms. The standard InChI is InChI=1S/C22H20F3N5OS/c1-26-13-19(12-16-5-7-17(8-6-16)22(23,24)25)32-15-28-21(31)20-9-11-30(29-20)14-18-4-2-3-10-27-18/h2-11,13H,1,12,14-15H2,(H,28,31)/b19-13-. The molecule has 32 heavy (non-hydrogen) atoms. The summed E-state index contributed by atoms with van der Waals surface area (Å²) < 4.78 is 39.7. The van der Waals surface area contributed by atoms with Crippen molar-refractivity contribution in [3.8, 4) is 0 Å². The van der Waals surface area contributed by atoms with Gasteiger partial charge in [0, 0.05) is 29.9 Å². The van der Waals surface area contributed by atoms with Crippen LogP contribution in [0.4, 0.5) is 13.2 Å². The zero-order valence-corrected chi connectivity index (χ0v) is 17.7. The molecule has 0 unspecified atom stereocenters. The van der Waals surface area contributed by atoms with Crippen LogP contribution in [0.25, 0.3) is 0 Å². The Morgan fingerprint density at radius 1 is 1.19 bits per heavy atom. The highest BCUT2D eigenvalue weighted by Gasteiger charge is 2.29. The van der Waals surface area contributed by atoms with Crippen molar-refractivity contribution in [3.05, 3.63) is 94.5 Å². The molecule has 0 fully saturated rings. The molecule has 0 radical (unpaired) electrons. The van der Waals surface area contributed by atoms with Crippen LogP contribution in [0.3, 0.4) is 0 Å². The summed E-state index contributed by atoms with van der Waals surface area (Å²) in [4.78, 5) is 21.1. The number of rotatable bonds is 9. The van der Waals surface area contributed by atoms with Crippen LogP contribution in [0.5, 0.6) is 0 Å². The Morgan fingerprint density at radius 2 is 1.97 bits per heavy atom. The minimum Gasteiger partial charge on any atom is -0.341 e. The monoisotopic (exact) mass is 459 g/mol. The number of hydrogen-bond acceptors (Lipinski definition) is 5. The SMILES string of the molecule is C=N/C=C(/Cc1ccc(C(F)(F)F)cc1)SCNC(=O)c1ccn(Cc2ccccn2)n1. The number of carbonyl (C=O) groups is 1. The summed E-state index contributed by atoms with van der Waals surface area (Å²) in [5.41, 5.74) is 1.10. The minimum atomic E-state index is -4.37. The number of alkyl halides is 3. The molecule has 1 aromatic carbocycles. The smallest absolute Gasteiger partial charge is 0.341 e. The number of amides is 1. The Kier molecular flexibility index (Phi) is 7.82. The van der Waals surface area contributed by atoms with Gasteiger partial charge in [0.05, 0.1) is 23.7 Å². The molecule has 3 rings (SSSR count). The van der Waals surface area contributed by atoms with Crippen molar-refractivity contribution in [2.45, 2.75) is 19.1 Å². The largest absolute Gasteiger partial charge is 0.416 e. The first-order valence-electron chi connectivity index (χ1n) is 9.50. The summed E-state index contributed by atoms with van der Waals surface area (Å²) in [7, 11) is 0. The van der Waals surface area contributed by atoms with Gasteiger partial charge < -0.3 is 5.32 Å². The van der Waals surface area contributed by atoms with E-state index >= 15 is 0 Å². The van der Waals surface area contributed by atoms with Gasteiger partial charge in [0.15, 0.2) is 0 Å². The van der Waals surface area contributed by atoms with Crippen molar-refractivity contribution in [1.82, 2.24) is 20.1 Å². The molecule has 0 aliphatic carbocycles. The van der Waals surface area contributed by atoms with Crippen LogP contribution in [0.2, 0.25) is 0 Å². The summed E-state index contributed by atoms with van der Waals surface area (Å²) in [5.74, 6) is -0.0915. The lowest BCUT2D eigenvalue weighted by atomic mass is 10.1. The Morgan fingerprint density at radius 3 is 2.62 bits per heavy atom. The fourth-order valence-corrected chi connectivity index (χ4v) is 3.57. The topological polar surface area (TPSA) is 72.2 Å². The maximum atomic E-state index is 12.7. The number of aromatic nitrogens is 3. The first-order chi connectivity index (χ1) is 15.3. The molecule has 0 aliphatic rings. The third-order valence-corrected chi connectivity index (χ3v) is 5.22. The average molecular weight is 459 g/mol. The van der Waals surface area contributed by atoms with Crippen LogP contribution >= 0.6 is 11.8 Å². The zero-order chi connectivity index (χ0) is 23.0. The summed E-state index contributed by atoms with van der Waals surface area (Å²) >= 11 is 1.31. The summed E-state index contributed by atoms with van der Waals surface area (Å²) in [6, 6.07) is 12.1. The molecule has 0 saturated carbocycles. The molecule has 0 bridgehead atoms. The number of allylic oxidation sites excluding steroid dienone is 1. The van der Waals surface area contributed by atoms with E-state index in [1.807, 2.05) is 18.2 Å². The molecule has 1 N–H and O–H groups in total. The van der Waals surface area contributed by atoms with Gasteiger partial charge in [0.2, 0.25) is 0 Å². The minimum absolute atomic E-state index is 0.244. The van der Waals surface area contributed by atoms with Crippen LogP contribution in [-0.4, -0.2) is 33.3 Å². The van der Waals surface area contributed by atoms with Gasteiger partial charge in [-0.25, -0.2) is 0 Å². The van der Waals surface area contributed by atoms with Crippen LogP contribution < -0.4 is 5.32 Å². The number of benzene rings is 1. The third kappa shape index (κ3) is 6.81. The van der Waals surface area contributed by atoms with Gasteiger partial charge in [0.1, 0.15) is 5.69 Å². The van der Waals surface area contributed by atoms with Gasteiger partial charge in [-0.3, -0.25) is 19.5 Å². The van der Waals surface area contributed by atoms with Crippen molar-refractivity contribution < 1.29 is 18.0 Å². The van der Waals surface area contributed by atoms with E-state index in [0.29, 0.717) is 18.5 Å². The number of nitrogens with one attached hydrogen (secondary N) is 1. The molecule has 0 aliphatic heterocycles. The predicted molar refractivity (Wildman–Crippen MR) is 118 cm³/mol. The molecule has 10 heteroatoms. The number of carbonyl (C=O) groups excluding carboxylic acids is 1. The maximum Gasteiger partial charge on any atom is 0.416 e. The van der Waals surface area contributed by atoms with Crippen LogP contribution in [-0.2, 0) is 19.1 Å². The van der Waals surface area contributed by atoms with Gasteiger partial charge >= 0.3 is 6.18 Å². The Balaban J connectivity index is 1.51. The van der Waals surface area contributed by atoms with Gasteiger partial charge in [-0.1, -0.05) is 18.2 Å². The van der Waals surface area contributed by atoms with Crippen molar-refractivity contribution in [1.29, 1.82) is 0 Å². The Labute approximate surface area is 187 Å². The van der Waals surface area contributed by atoms with Crippen molar-refractivity contribution in [2.24, 2.45) is 4.99 Å². The fourth-order valence-electron chi connectivity index (χ4n) is 2.76. The lowest BCUT2D eigenvalue weighted by Gasteiger charge is -2.10. The average Bonchev–Trinajstić information content (AvgIpc) is 3.23. The first kappa shape index (κ1) is 23.3. The Bertz CT molecular complexity index is 1080. The van der Waals surface area contributed by atoms with Crippen molar-refractivity contribution in [3.63, 3.8) is 0 Å². The molecule has 0 atom stereocenters. The van der Waals surface area contributed by atoms with E-state index in [4.69, 9.17) is 0 Å². The van der Waals surface area contributed by atoms with E-state index in [1.165, 1.54) is 30.1 Å². The van der Waals surface area contributed by atoms with Crippen molar-refractivity contribution in [2.75, 3.05) is 5.88 Å². The summed E-state index contributed by atoms with van der Waals surface area (Å²) in [6.45, 7) is 3.87. The molecule has 166 valence electrons. The lowest BCUT2D eigenvalue weighted by molar-refractivity contribution is -0.137. The van der Waals surface area contributed by atoms with Crippen LogP contribution in [0.15, 0.2) is 77.0 Å². The summed E-state index contributed by atoms with van der Waals surface area (Å²) in [5, 5.41) is 7.02. The van der Waals surface area contributed by atoms with E-state index in [0.717, 1.165) is 22.7 Å². The highest BCUT2D eigenvalue weighted by Crippen LogP contribution is 2.30. The van der Waals surface area contributed by atoms with E-state index < -0.39 is 11.7 Å². The number of pyridine rings is 1. The normalized spacial score (nSPS) is 11.9. The van der Waals surface area contributed by atoms with E-state index in [-0.39, 0.29) is 17.5 Å². The molecule has 3 aromatic rings. The quantitative estimate of drug-likeness (QED) is 0.376. The van der Waals surface area contributed by atoms with E-state index in [1.54, 1.807) is 23.1 Å². The number of aliphatic imine (C=N–C) groups is 1. The third-order valence-electron chi connectivity index (χ3n) is 4.31. The molecule has 0 saturated heterocycles. The molecule has 2 heterocycles. The number of hydrogen-bond donors (Lipinski definition) is 1. The van der Waals surface area contributed by atoms with Crippen LogP contribution in [0, 0.1) is 0 Å². The first-order valence-corrected chi connectivity index (χ1v) is 10.5. The van der Waals surface area contributed by atoms with Gasteiger partial charge in [-0.15, -0.1) is 11.8 Å². The molecular weight excluding hydrogens is 439 g/mol. The van der Waals surface area contributed by atoms with E-state index in [9.17, 15) is 18.0 Å². The molecule has 2 aromatic heterocycles. The molecule has 6 nitrogen and oxygen atoms in total. The number of thioether (sulfide) groups is 1. The fraction of sp³-hybridized carbons (Fsp3) is 0.182. The summed E-state index contributed by atoms with van der Waals surface area (Å²) in [6.07, 6.45) is 0.918. The molecular formula is C22H20F3N5OS. The van der Waals surface area contributed by atoms with Crippen molar-refractivity contribution >= 4 is 24.4 Å².